The van der Waals surface area contributed by atoms with Gasteiger partial charge in [-0.1, -0.05) is 11.2 Å². The van der Waals surface area contributed by atoms with Gasteiger partial charge in [-0.25, -0.2) is 9.67 Å². The molecular weight excluding hydrogens is 346 g/mol. The number of carbonyl (C=O) groups is 1. The Bertz CT molecular complexity index is 904. The maximum absolute atomic E-state index is 12.6. The molecule has 10 nitrogen and oxygen atoms in total. The molecule has 0 saturated carbocycles. The molecule has 1 fully saturated rings. The van der Waals surface area contributed by atoms with Crippen molar-refractivity contribution in [2.45, 2.75) is 31.8 Å². The molecule has 4 heterocycles. The lowest BCUT2D eigenvalue weighted by atomic mass is 9.97. The van der Waals surface area contributed by atoms with Crippen molar-refractivity contribution < 1.29 is 4.79 Å². The Morgan fingerprint density at radius 2 is 2.19 bits per heavy atom. The minimum Gasteiger partial charge on any atom is -0.367 e. The van der Waals surface area contributed by atoms with Crippen molar-refractivity contribution in [3.63, 3.8) is 0 Å². The van der Waals surface area contributed by atoms with Crippen molar-refractivity contribution in [3.05, 3.63) is 48.3 Å². The number of nitrogens with two attached hydrogens (primary N) is 1. The summed E-state index contributed by atoms with van der Waals surface area (Å²) < 4.78 is 3.42. The molecule has 10 heteroatoms. The van der Waals surface area contributed by atoms with E-state index in [1.54, 1.807) is 12.4 Å². The zero-order chi connectivity index (χ0) is 18.6. The van der Waals surface area contributed by atoms with Crippen LogP contribution in [-0.2, 0) is 17.9 Å². The third kappa shape index (κ3) is 3.78. The Labute approximate surface area is 156 Å². The number of carbonyl (C=O) groups excluding carboxylic acids is 1. The normalized spacial score (nSPS) is 17.2. The van der Waals surface area contributed by atoms with Gasteiger partial charge in [-0.2, -0.15) is 0 Å². The van der Waals surface area contributed by atoms with Crippen molar-refractivity contribution in [3.8, 4) is 0 Å². The standard InChI is InChI=1S/C17H21N9O/c18-17-21-22-23-26(17)12-15(27)24-8-3-4-13(10-24)16-20-7-9-25(16)11-14-5-1-2-6-19-14/h1-2,5-7,9,13H,3-4,8,10-12H2,(H2,18,21,23)/t13-/m1/s1. The Morgan fingerprint density at radius 1 is 1.26 bits per heavy atom. The van der Waals surface area contributed by atoms with E-state index in [-0.39, 0.29) is 24.3 Å². The molecule has 1 amide bonds. The number of nitrogen functional groups attached to an aromatic ring is 1. The molecule has 1 aliphatic rings. The average Bonchev–Trinajstić information content (AvgIpc) is 3.32. The Kier molecular flexibility index (Phi) is 4.77. The zero-order valence-electron chi connectivity index (χ0n) is 14.8. The summed E-state index contributed by atoms with van der Waals surface area (Å²) in [6.07, 6.45) is 7.49. The molecule has 1 atom stereocenters. The predicted octanol–water partition coefficient (Wildman–Crippen LogP) is 0.301. The molecule has 27 heavy (non-hydrogen) atoms. The molecule has 1 aliphatic heterocycles. The van der Waals surface area contributed by atoms with Crippen LogP contribution in [0.2, 0.25) is 0 Å². The smallest absolute Gasteiger partial charge is 0.244 e. The molecule has 0 aliphatic carbocycles. The summed E-state index contributed by atoms with van der Waals surface area (Å²) in [5.74, 6) is 1.28. The molecule has 1 saturated heterocycles. The van der Waals surface area contributed by atoms with E-state index in [2.05, 4.69) is 30.1 Å². The van der Waals surface area contributed by atoms with Crippen LogP contribution < -0.4 is 5.73 Å². The molecule has 3 aromatic heterocycles. The topological polar surface area (TPSA) is 121 Å². The van der Waals surface area contributed by atoms with Crippen LogP contribution in [0.25, 0.3) is 0 Å². The number of hydrogen-bond acceptors (Lipinski definition) is 7. The predicted molar refractivity (Wildman–Crippen MR) is 96.4 cm³/mol. The minimum atomic E-state index is -0.0402. The maximum Gasteiger partial charge on any atom is 0.244 e. The fourth-order valence-corrected chi connectivity index (χ4v) is 3.45. The highest BCUT2D eigenvalue weighted by molar-refractivity contribution is 5.76. The molecule has 3 aromatic rings. The molecule has 0 radical (unpaired) electrons. The Morgan fingerprint density at radius 3 is 2.96 bits per heavy atom. The second-order valence-electron chi connectivity index (χ2n) is 6.61. The number of anilines is 1. The molecule has 0 bridgehead atoms. The third-order valence-electron chi connectivity index (χ3n) is 4.79. The molecule has 0 spiro atoms. The third-order valence-corrected chi connectivity index (χ3v) is 4.79. The fourth-order valence-electron chi connectivity index (χ4n) is 3.45. The number of rotatable bonds is 5. The summed E-state index contributed by atoms with van der Waals surface area (Å²) in [6, 6.07) is 5.88. The van der Waals surface area contributed by atoms with Crippen LogP contribution in [0, 0.1) is 0 Å². The van der Waals surface area contributed by atoms with Crippen molar-refractivity contribution in [1.29, 1.82) is 0 Å². The zero-order valence-corrected chi connectivity index (χ0v) is 14.8. The highest BCUT2D eigenvalue weighted by Gasteiger charge is 2.28. The number of tetrazole rings is 1. The van der Waals surface area contributed by atoms with Crippen LogP contribution in [0.15, 0.2) is 36.8 Å². The van der Waals surface area contributed by atoms with Gasteiger partial charge in [0.25, 0.3) is 0 Å². The van der Waals surface area contributed by atoms with Gasteiger partial charge < -0.3 is 15.2 Å². The van der Waals surface area contributed by atoms with Gasteiger partial charge in [-0.15, -0.1) is 0 Å². The number of pyridine rings is 1. The first-order chi connectivity index (χ1) is 13.2. The van der Waals surface area contributed by atoms with Crippen LogP contribution in [0.5, 0.6) is 0 Å². The first kappa shape index (κ1) is 17.1. The number of imidazole rings is 1. The number of piperidine rings is 1. The van der Waals surface area contributed by atoms with Gasteiger partial charge in [-0.3, -0.25) is 9.78 Å². The summed E-state index contributed by atoms with van der Waals surface area (Å²) in [4.78, 5) is 23.4. The highest BCUT2D eigenvalue weighted by atomic mass is 16.2. The van der Waals surface area contributed by atoms with Crippen LogP contribution in [0.1, 0.15) is 30.3 Å². The lowest BCUT2D eigenvalue weighted by Crippen LogP contribution is -2.41. The van der Waals surface area contributed by atoms with Crippen LogP contribution in [0.4, 0.5) is 5.95 Å². The molecule has 0 aromatic carbocycles. The molecular formula is C17H21N9O. The van der Waals surface area contributed by atoms with Gasteiger partial charge in [0.05, 0.1) is 12.2 Å². The number of aromatic nitrogens is 7. The van der Waals surface area contributed by atoms with Crippen molar-refractivity contribution >= 4 is 11.9 Å². The van der Waals surface area contributed by atoms with Gasteiger partial charge in [-0.05, 0) is 35.4 Å². The average molecular weight is 367 g/mol. The maximum atomic E-state index is 12.6. The number of nitrogens with zero attached hydrogens (tertiary/aromatic N) is 8. The lowest BCUT2D eigenvalue weighted by Gasteiger charge is -2.32. The largest absolute Gasteiger partial charge is 0.367 e. The number of amides is 1. The fraction of sp³-hybridized carbons (Fsp3) is 0.412. The van der Waals surface area contributed by atoms with Crippen molar-refractivity contribution in [2.75, 3.05) is 18.8 Å². The van der Waals surface area contributed by atoms with Crippen molar-refractivity contribution in [2.24, 2.45) is 0 Å². The highest BCUT2D eigenvalue weighted by Crippen LogP contribution is 2.26. The molecule has 2 N–H and O–H groups in total. The summed E-state index contributed by atoms with van der Waals surface area (Å²) in [7, 11) is 0. The number of hydrogen-bond donors (Lipinski definition) is 1. The molecule has 4 rings (SSSR count). The lowest BCUT2D eigenvalue weighted by molar-refractivity contribution is -0.133. The van der Waals surface area contributed by atoms with Gasteiger partial charge in [0.2, 0.25) is 11.9 Å². The van der Waals surface area contributed by atoms with E-state index < -0.39 is 0 Å². The van der Waals surface area contributed by atoms with Gasteiger partial charge in [0, 0.05) is 37.6 Å². The van der Waals surface area contributed by atoms with Gasteiger partial charge in [0.15, 0.2) is 0 Å². The van der Waals surface area contributed by atoms with Gasteiger partial charge in [0.1, 0.15) is 12.4 Å². The van der Waals surface area contributed by atoms with Crippen LogP contribution in [0.3, 0.4) is 0 Å². The summed E-state index contributed by atoms with van der Waals surface area (Å²) in [5.41, 5.74) is 6.63. The first-order valence-electron chi connectivity index (χ1n) is 8.91. The van der Waals surface area contributed by atoms with Gasteiger partial charge >= 0.3 is 0 Å². The minimum absolute atomic E-state index is 0.0402. The number of likely N-dealkylation sites (tertiary alicyclic amines) is 1. The monoisotopic (exact) mass is 367 g/mol. The molecule has 140 valence electrons. The first-order valence-corrected chi connectivity index (χ1v) is 8.91. The van der Waals surface area contributed by atoms with E-state index in [0.717, 1.165) is 30.9 Å². The van der Waals surface area contributed by atoms with E-state index in [4.69, 9.17) is 5.73 Å². The van der Waals surface area contributed by atoms with E-state index in [1.807, 2.05) is 29.3 Å². The van der Waals surface area contributed by atoms with E-state index >= 15 is 0 Å². The van der Waals surface area contributed by atoms with E-state index in [0.29, 0.717) is 13.1 Å². The Balaban J connectivity index is 1.45. The Hall–Kier alpha value is -3.30. The SMILES string of the molecule is Nc1nnnn1CC(=O)N1CCC[C@@H](c2nccn2Cc2ccccn2)C1. The van der Waals surface area contributed by atoms with Crippen LogP contribution >= 0.6 is 0 Å². The van der Waals surface area contributed by atoms with Crippen LogP contribution in [-0.4, -0.2) is 58.6 Å². The quantitative estimate of drug-likeness (QED) is 0.688. The summed E-state index contributed by atoms with van der Waals surface area (Å²) in [6.45, 7) is 2.06. The van der Waals surface area contributed by atoms with Crippen molar-refractivity contribution in [1.82, 2.24) is 39.6 Å². The van der Waals surface area contributed by atoms with E-state index in [1.165, 1.54) is 4.68 Å². The van der Waals surface area contributed by atoms with E-state index in [9.17, 15) is 4.79 Å². The second-order valence-corrected chi connectivity index (χ2v) is 6.61. The second kappa shape index (κ2) is 7.52. The molecule has 0 unspecified atom stereocenters. The summed E-state index contributed by atoms with van der Waals surface area (Å²) in [5, 5.41) is 10.8. The summed E-state index contributed by atoms with van der Waals surface area (Å²) >= 11 is 0.